The zero-order valence-corrected chi connectivity index (χ0v) is 13.3. The van der Waals surface area contributed by atoms with Gasteiger partial charge in [0.05, 0.1) is 11.9 Å². The van der Waals surface area contributed by atoms with Gasteiger partial charge in [-0.1, -0.05) is 52.3 Å². The second-order valence-electron chi connectivity index (χ2n) is 4.95. The van der Waals surface area contributed by atoms with Crippen molar-refractivity contribution in [2.24, 2.45) is 0 Å². The van der Waals surface area contributed by atoms with Gasteiger partial charge in [0.1, 0.15) is 0 Å². The number of hydrogen-bond donors (Lipinski definition) is 2. The van der Waals surface area contributed by atoms with Crippen molar-refractivity contribution >= 4 is 21.6 Å². The monoisotopic (exact) mass is 341 g/mol. The van der Waals surface area contributed by atoms with E-state index in [4.69, 9.17) is 0 Å². The number of rotatable bonds is 4. The second-order valence-corrected chi connectivity index (χ2v) is 5.81. The summed E-state index contributed by atoms with van der Waals surface area (Å²) in [4.78, 5) is 0. The first kappa shape index (κ1) is 13.9. The topological polar surface area (TPSA) is 40.7 Å². The number of nitrogens with zero attached hydrogens (tertiary/aromatic N) is 1. The molecule has 0 radical (unpaired) electrons. The van der Waals surface area contributed by atoms with Crippen LogP contribution >= 0.6 is 15.9 Å². The summed E-state index contributed by atoms with van der Waals surface area (Å²) < 4.78 is 1.11. The van der Waals surface area contributed by atoms with Crippen LogP contribution < -0.4 is 5.32 Å². The lowest BCUT2D eigenvalue weighted by molar-refractivity contribution is 1.10. The highest BCUT2D eigenvalue weighted by atomic mass is 79.9. The molecule has 0 aliphatic heterocycles. The van der Waals surface area contributed by atoms with Crippen molar-refractivity contribution in [1.29, 1.82) is 0 Å². The van der Waals surface area contributed by atoms with Gasteiger partial charge in [0.2, 0.25) is 0 Å². The molecule has 0 aliphatic rings. The number of aryl methyl sites for hydroxylation is 1. The molecule has 0 saturated carbocycles. The Morgan fingerprint density at radius 3 is 2.71 bits per heavy atom. The number of nitrogens with one attached hydrogen (secondary N) is 2. The molecule has 0 unspecified atom stereocenters. The Bertz CT molecular complexity index is 735. The lowest BCUT2D eigenvalue weighted by atomic mass is 10.1. The van der Waals surface area contributed by atoms with E-state index in [9.17, 15) is 0 Å². The van der Waals surface area contributed by atoms with Crippen LogP contribution in [0.3, 0.4) is 0 Å². The number of hydrogen-bond acceptors (Lipinski definition) is 2. The summed E-state index contributed by atoms with van der Waals surface area (Å²) in [6.45, 7) is 2.81. The van der Waals surface area contributed by atoms with Crippen LogP contribution in [0.5, 0.6) is 0 Å². The van der Waals surface area contributed by atoms with Gasteiger partial charge in [0.15, 0.2) is 0 Å². The number of aromatic nitrogens is 2. The van der Waals surface area contributed by atoms with Crippen LogP contribution in [0.1, 0.15) is 11.1 Å². The summed E-state index contributed by atoms with van der Waals surface area (Å²) in [7, 11) is 0. The molecule has 3 nitrogen and oxygen atoms in total. The standard InChI is InChI=1S/C17H16BrN3/c1-12-7-8-15(9-16(12)18)19-10-14-11-20-21-17(14)13-5-3-2-4-6-13/h2-9,11,19H,10H2,1H3,(H,20,21). The first-order valence-electron chi connectivity index (χ1n) is 6.82. The third-order valence-electron chi connectivity index (χ3n) is 3.44. The molecule has 3 rings (SSSR count). The lowest BCUT2D eigenvalue weighted by Crippen LogP contribution is -2.00. The Morgan fingerprint density at radius 1 is 1.14 bits per heavy atom. The minimum absolute atomic E-state index is 0.732. The molecular formula is C17H16BrN3. The summed E-state index contributed by atoms with van der Waals surface area (Å²) in [5.74, 6) is 0. The molecule has 0 amide bonds. The molecule has 1 aromatic heterocycles. The molecule has 2 aromatic carbocycles. The van der Waals surface area contributed by atoms with Gasteiger partial charge in [-0.05, 0) is 30.2 Å². The van der Waals surface area contributed by atoms with Crippen LogP contribution in [0.25, 0.3) is 11.3 Å². The summed E-state index contributed by atoms with van der Waals surface area (Å²) in [6, 6.07) is 16.5. The maximum atomic E-state index is 4.17. The van der Waals surface area contributed by atoms with Gasteiger partial charge < -0.3 is 5.32 Å². The molecule has 1 heterocycles. The summed E-state index contributed by atoms with van der Waals surface area (Å²) in [5.41, 5.74) is 5.69. The van der Waals surface area contributed by atoms with E-state index in [0.717, 1.165) is 33.5 Å². The first-order chi connectivity index (χ1) is 10.2. The Hall–Kier alpha value is -2.07. The molecule has 21 heavy (non-hydrogen) atoms. The molecular weight excluding hydrogens is 326 g/mol. The van der Waals surface area contributed by atoms with Gasteiger partial charge in [0, 0.05) is 22.3 Å². The first-order valence-corrected chi connectivity index (χ1v) is 7.61. The van der Waals surface area contributed by atoms with E-state index in [1.807, 2.05) is 24.4 Å². The van der Waals surface area contributed by atoms with Crippen molar-refractivity contribution < 1.29 is 0 Å². The predicted molar refractivity (Wildman–Crippen MR) is 90.2 cm³/mol. The van der Waals surface area contributed by atoms with E-state index in [-0.39, 0.29) is 0 Å². The molecule has 3 aromatic rings. The Morgan fingerprint density at radius 2 is 1.95 bits per heavy atom. The lowest BCUT2D eigenvalue weighted by Gasteiger charge is -2.08. The zero-order valence-electron chi connectivity index (χ0n) is 11.7. The number of aromatic amines is 1. The molecule has 0 spiro atoms. The van der Waals surface area contributed by atoms with Crippen LogP contribution in [0, 0.1) is 6.92 Å². The van der Waals surface area contributed by atoms with Crippen molar-refractivity contribution in [2.45, 2.75) is 13.5 Å². The third-order valence-corrected chi connectivity index (χ3v) is 4.29. The molecule has 0 aliphatic carbocycles. The van der Waals surface area contributed by atoms with Crippen LogP contribution in [0.2, 0.25) is 0 Å². The third kappa shape index (κ3) is 3.16. The Labute approximate surface area is 132 Å². The van der Waals surface area contributed by atoms with E-state index in [0.29, 0.717) is 0 Å². The van der Waals surface area contributed by atoms with Crippen LogP contribution in [0.15, 0.2) is 59.2 Å². The normalized spacial score (nSPS) is 10.6. The van der Waals surface area contributed by atoms with E-state index < -0.39 is 0 Å². The second kappa shape index (κ2) is 6.14. The molecule has 0 saturated heterocycles. The van der Waals surface area contributed by atoms with Gasteiger partial charge in [-0.15, -0.1) is 0 Å². The van der Waals surface area contributed by atoms with Crippen molar-refractivity contribution in [3.8, 4) is 11.3 Å². The molecule has 106 valence electrons. The van der Waals surface area contributed by atoms with Crippen LogP contribution in [-0.2, 0) is 6.54 Å². The van der Waals surface area contributed by atoms with Gasteiger partial charge in [0.25, 0.3) is 0 Å². The van der Waals surface area contributed by atoms with Crippen molar-refractivity contribution in [1.82, 2.24) is 10.2 Å². The average Bonchev–Trinajstić information content (AvgIpc) is 2.98. The highest BCUT2D eigenvalue weighted by Gasteiger charge is 2.07. The van der Waals surface area contributed by atoms with E-state index in [1.165, 1.54) is 5.56 Å². The summed E-state index contributed by atoms with van der Waals surface area (Å²) in [6.07, 6.45) is 1.87. The van der Waals surface area contributed by atoms with Gasteiger partial charge >= 0.3 is 0 Å². The van der Waals surface area contributed by atoms with Crippen molar-refractivity contribution in [3.05, 3.63) is 70.3 Å². The smallest absolute Gasteiger partial charge is 0.0700 e. The SMILES string of the molecule is Cc1ccc(NCc2cn[nH]c2-c2ccccc2)cc1Br. The van der Waals surface area contributed by atoms with Crippen molar-refractivity contribution in [3.63, 3.8) is 0 Å². The fraction of sp³-hybridized carbons (Fsp3) is 0.118. The van der Waals surface area contributed by atoms with E-state index >= 15 is 0 Å². The van der Waals surface area contributed by atoms with E-state index in [2.05, 4.69) is 68.7 Å². The van der Waals surface area contributed by atoms with E-state index in [1.54, 1.807) is 0 Å². The zero-order chi connectivity index (χ0) is 14.7. The fourth-order valence-electron chi connectivity index (χ4n) is 2.20. The Balaban J connectivity index is 1.77. The van der Waals surface area contributed by atoms with Crippen molar-refractivity contribution in [2.75, 3.05) is 5.32 Å². The highest BCUT2D eigenvalue weighted by Crippen LogP contribution is 2.24. The average molecular weight is 342 g/mol. The molecule has 0 fully saturated rings. The van der Waals surface area contributed by atoms with Gasteiger partial charge in [-0.3, -0.25) is 5.10 Å². The number of anilines is 1. The quantitative estimate of drug-likeness (QED) is 0.718. The van der Waals surface area contributed by atoms with Gasteiger partial charge in [-0.2, -0.15) is 5.10 Å². The summed E-state index contributed by atoms with van der Waals surface area (Å²) >= 11 is 3.56. The highest BCUT2D eigenvalue weighted by molar-refractivity contribution is 9.10. The maximum Gasteiger partial charge on any atom is 0.0700 e. The molecule has 0 bridgehead atoms. The van der Waals surface area contributed by atoms with Crippen LogP contribution in [-0.4, -0.2) is 10.2 Å². The summed E-state index contributed by atoms with van der Waals surface area (Å²) in [5, 5.41) is 10.7. The Kier molecular flexibility index (Phi) is 4.06. The molecule has 2 N–H and O–H groups in total. The molecule has 4 heteroatoms. The number of H-pyrrole nitrogens is 1. The minimum atomic E-state index is 0.732. The fourth-order valence-corrected chi connectivity index (χ4v) is 2.58. The number of halogens is 1. The molecule has 0 atom stereocenters. The minimum Gasteiger partial charge on any atom is -0.381 e. The largest absolute Gasteiger partial charge is 0.381 e. The number of benzene rings is 2. The predicted octanol–water partition coefficient (Wildman–Crippen LogP) is 4.76. The van der Waals surface area contributed by atoms with Crippen LogP contribution in [0.4, 0.5) is 5.69 Å². The maximum absolute atomic E-state index is 4.17. The van der Waals surface area contributed by atoms with Gasteiger partial charge in [-0.25, -0.2) is 0 Å².